The van der Waals surface area contributed by atoms with Gasteiger partial charge < -0.3 is 19.7 Å². The molecule has 0 aliphatic rings. The molecule has 0 spiro atoms. The molecule has 2 heterocycles. The van der Waals surface area contributed by atoms with Gasteiger partial charge in [-0.1, -0.05) is 36.4 Å². The number of hydrogen-bond donors (Lipinski definition) is 2. The second-order valence-corrected chi connectivity index (χ2v) is 17.2. The van der Waals surface area contributed by atoms with Crippen molar-refractivity contribution >= 4 is 75.9 Å². The van der Waals surface area contributed by atoms with E-state index in [1.165, 1.54) is 24.3 Å². The summed E-state index contributed by atoms with van der Waals surface area (Å²) in [5, 5.41) is 30.3. The Labute approximate surface area is 354 Å². The van der Waals surface area contributed by atoms with Crippen LogP contribution < -0.4 is 19.8 Å². The van der Waals surface area contributed by atoms with Gasteiger partial charge in [0.1, 0.15) is 44.0 Å². The van der Waals surface area contributed by atoms with Gasteiger partial charge in [-0.05, 0) is 152 Å². The van der Waals surface area contributed by atoms with E-state index in [1.54, 1.807) is 60.8 Å². The summed E-state index contributed by atoms with van der Waals surface area (Å²) < 4.78 is 67.2. The highest BCUT2D eigenvalue weighted by Crippen LogP contribution is 2.23. The van der Waals surface area contributed by atoms with Crippen molar-refractivity contribution in [1.82, 2.24) is 0 Å². The monoisotopic (exact) mass is 876 g/mol. The number of nitrogens with one attached hydrogen (secondary N) is 2. The molecule has 0 saturated heterocycles. The van der Waals surface area contributed by atoms with Crippen LogP contribution >= 0.6 is 22.7 Å². The van der Waals surface area contributed by atoms with Crippen LogP contribution in [0.2, 0.25) is 0 Å². The van der Waals surface area contributed by atoms with Crippen molar-refractivity contribution in [1.29, 1.82) is 0 Å². The van der Waals surface area contributed by atoms with Crippen LogP contribution in [0.15, 0.2) is 150 Å². The van der Waals surface area contributed by atoms with Gasteiger partial charge in [0.25, 0.3) is 0 Å². The van der Waals surface area contributed by atoms with Gasteiger partial charge in [-0.3, -0.25) is 0 Å². The number of azo groups is 2. The second kappa shape index (κ2) is 23.4. The summed E-state index contributed by atoms with van der Waals surface area (Å²) in [6.45, 7) is 11.1. The number of rotatable bonds is 16. The normalized spacial score (nSPS) is 11.5. The van der Waals surface area contributed by atoms with Crippen molar-refractivity contribution in [3.8, 4) is 0 Å². The van der Waals surface area contributed by atoms with Gasteiger partial charge in [0, 0.05) is 35.2 Å². The maximum atomic E-state index is 10.5. The van der Waals surface area contributed by atoms with Crippen molar-refractivity contribution < 1.29 is 35.1 Å². The fourth-order valence-electron chi connectivity index (χ4n) is 5.29. The summed E-state index contributed by atoms with van der Waals surface area (Å²) in [6, 6.07) is 28.4. The number of unbranched alkanes of at least 4 members (excludes halogenated alkanes) is 2. The molecule has 0 unspecified atom stereocenters. The number of aromatic nitrogens is 2. The minimum absolute atomic E-state index is 0.139. The van der Waals surface area contributed by atoms with E-state index in [-0.39, 0.29) is 9.79 Å². The van der Waals surface area contributed by atoms with E-state index in [0.29, 0.717) is 11.1 Å². The zero-order valence-electron chi connectivity index (χ0n) is 33.3. The predicted octanol–water partition coefficient (Wildman–Crippen LogP) is 9.75. The molecule has 4 aromatic carbocycles. The topological polar surface area (TPSA) is 196 Å². The Hall–Kier alpha value is -5.24. The lowest BCUT2D eigenvalue weighted by Gasteiger charge is -2.08. The fraction of sp³-hybridized carbons (Fsp3) is 0.268. The highest BCUT2D eigenvalue weighted by Gasteiger charge is 2.11. The van der Waals surface area contributed by atoms with Crippen LogP contribution in [-0.2, 0) is 33.3 Å². The average molecular weight is 877 g/mol. The van der Waals surface area contributed by atoms with E-state index in [9.17, 15) is 25.9 Å². The van der Waals surface area contributed by atoms with Crippen LogP contribution in [0.25, 0.3) is 0 Å². The van der Waals surface area contributed by atoms with Gasteiger partial charge in [0.05, 0.1) is 33.1 Å². The fourth-order valence-corrected chi connectivity index (χ4v) is 8.20. The zero-order chi connectivity index (χ0) is 42.7. The summed E-state index contributed by atoms with van der Waals surface area (Å²) >= 11 is 3.19. The molecule has 312 valence electrons. The Balaban J connectivity index is 0.000000282. The first kappa shape index (κ1) is 46.4. The molecule has 0 saturated carbocycles. The molecule has 18 heteroatoms. The van der Waals surface area contributed by atoms with Crippen molar-refractivity contribution in [3.63, 3.8) is 0 Å². The second-order valence-electron chi connectivity index (χ2n) is 12.8. The molecule has 6 rings (SSSR count). The predicted molar refractivity (Wildman–Crippen MR) is 231 cm³/mol. The Morgan fingerprint density at radius 2 is 0.915 bits per heavy atom. The average Bonchev–Trinajstić information content (AvgIpc) is 3.89. The van der Waals surface area contributed by atoms with Crippen LogP contribution in [-0.4, -0.2) is 39.0 Å². The Morgan fingerprint density at radius 1 is 0.542 bits per heavy atom. The molecule has 0 radical (unpaired) electrons. The van der Waals surface area contributed by atoms with Crippen molar-refractivity contribution in [2.24, 2.45) is 20.5 Å². The van der Waals surface area contributed by atoms with Gasteiger partial charge in [0.2, 0.25) is 0 Å². The van der Waals surface area contributed by atoms with Crippen molar-refractivity contribution in [2.75, 3.05) is 23.7 Å². The number of aryl methyl sites for hydroxylation is 4. The number of hydrogen-bond acceptors (Lipinski definition) is 14. The third kappa shape index (κ3) is 15.8. The molecule has 0 aliphatic heterocycles. The number of anilines is 2. The van der Waals surface area contributed by atoms with Crippen LogP contribution in [0.3, 0.4) is 0 Å². The Bertz CT molecular complexity index is 2310. The molecule has 0 bridgehead atoms. The molecule has 0 amide bonds. The van der Waals surface area contributed by atoms with Gasteiger partial charge in [-0.15, -0.1) is 0 Å². The SMILES string of the molecule is CC[n+]1ccsc1N=Nc1ccc(NCCCCCNc2ccc(N=Nc3scc[n+]3CC)cc2)cc1.Cc1ccccc1S(=O)(=O)[O-].Cc1ccccc1S(=O)(=O)[O-]. The van der Waals surface area contributed by atoms with Crippen molar-refractivity contribution in [3.05, 3.63) is 131 Å². The number of thiazole rings is 2. The lowest BCUT2D eigenvalue weighted by Crippen LogP contribution is -2.28. The van der Waals surface area contributed by atoms with E-state index in [2.05, 4.69) is 78.3 Å². The summed E-state index contributed by atoms with van der Waals surface area (Å²) in [4.78, 5) is -0.278. The third-order valence-electron chi connectivity index (χ3n) is 8.48. The zero-order valence-corrected chi connectivity index (χ0v) is 36.5. The van der Waals surface area contributed by atoms with Crippen LogP contribution in [0.1, 0.15) is 44.2 Å². The highest BCUT2D eigenvalue weighted by molar-refractivity contribution is 7.86. The van der Waals surface area contributed by atoms with Crippen LogP contribution in [0.5, 0.6) is 0 Å². The summed E-state index contributed by atoms with van der Waals surface area (Å²) in [6.07, 6.45) is 7.47. The summed E-state index contributed by atoms with van der Waals surface area (Å²) in [5.74, 6) is 0. The van der Waals surface area contributed by atoms with Crippen LogP contribution in [0, 0.1) is 13.8 Å². The molecule has 6 aromatic rings. The van der Waals surface area contributed by atoms with Gasteiger partial charge in [0.15, 0.2) is 0 Å². The Kier molecular flexibility index (Phi) is 18.4. The molecular formula is C41H48N8O6S4. The molecule has 2 N–H and O–H groups in total. The van der Waals surface area contributed by atoms with Crippen LogP contribution in [0.4, 0.5) is 33.0 Å². The molecule has 0 fully saturated rings. The molecule has 14 nitrogen and oxygen atoms in total. The first-order valence-corrected chi connectivity index (χ1v) is 23.3. The van der Waals surface area contributed by atoms with E-state index in [4.69, 9.17) is 0 Å². The summed E-state index contributed by atoms with van der Waals surface area (Å²) in [5.41, 5.74) is 4.91. The summed E-state index contributed by atoms with van der Waals surface area (Å²) in [7, 11) is -8.57. The lowest BCUT2D eigenvalue weighted by atomic mass is 10.2. The maximum absolute atomic E-state index is 10.5. The lowest BCUT2D eigenvalue weighted by molar-refractivity contribution is -0.677. The Morgan fingerprint density at radius 3 is 1.24 bits per heavy atom. The van der Waals surface area contributed by atoms with E-state index < -0.39 is 20.2 Å². The molecular weight excluding hydrogens is 829 g/mol. The molecule has 2 aromatic heterocycles. The molecule has 59 heavy (non-hydrogen) atoms. The largest absolute Gasteiger partial charge is 0.744 e. The molecule has 0 aliphatic carbocycles. The highest BCUT2D eigenvalue weighted by atomic mass is 32.2. The standard InChI is InChI=1S/C27H32N8S2.2C7H8O3S/c1-3-34-18-20-36-26(34)32-30-24-12-8-22(9-13-24)28-16-6-5-7-17-29-23-10-14-25(15-11-23)31-33-27-35(4-2)19-21-37-27;2*1-6-4-2-3-5-7(6)11(8,9)10/h8-15,18-21H,3-7,16-17H2,1-2H3;2*2-5H,1H3,(H,8,9,10). The smallest absolute Gasteiger partial charge is 0.408 e. The number of benzene rings is 4. The van der Waals surface area contributed by atoms with Gasteiger partial charge >= 0.3 is 10.3 Å². The minimum Gasteiger partial charge on any atom is -0.744 e. The molecule has 0 atom stereocenters. The van der Waals surface area contributed by atoms with E-state index in [1.807, 2.05) is 47.4 Å². The van der Waals surface area contributed by atoms with Gasteiger partial charge in [-0.25, -0.2) is 26.0 Å². The minimum atomic E-state index is -4.28. The van der Waals surface area contributed by atoms with E-state index >= 15 is 0 Å². The maximum Gasteiger partial charge on any atom is 0.408 e. The first-order chi connectivity index (χ1) is 28.3. The number of nitrogens with zero attached hydrogens (tertiary/aromatic N) is 6. The van der Waals surface area contributed by atoms with E-state index in [0.717, 1.165) is 78.5 Å². The third-order valence-corrected chi connectivity index (χ3v) is 12.0. The van der Waals surface area contributed by atoms with Gasteiger partial charge in [-0.2, -0.15) is 0 Å². The first-order valence-electron chi connectivity index (χ1n) is 18.8. The van der Waals surface area contributed by atoms with Crippen molar-refractivity contribution in [2.45, 2.75) is 69.8 Å². The quantitative estimate of drug-likeness (QED) is 0.0415.